The summed E-state index contributed by atoms with van der Waals surface area (Å²) in [6, 6.07) is 0. The quantitative estimate of drug-likeness (QED) is 0.625. The summed E-state index contributed by atoms with van der Waals surface area (Å²) in [7, 11) is 2.80. The number of methoxy groups -OCH3 is 2. The largest absolute Gasteiger partial charge is 0.480 e. The molecule has 0 aliphatic heterocycles. The predicted octanol–water partition coefficient (Wildman–Crippen LogP) is 0.201. The van der Waals surface area contributed by atoms with Crippen molar-refractivity contribution in [3.05, 3.63) is 18.1 Å². The molecular formula is C8H10N2O3. The van der Waals surface area contributed by atoms with Crippen LogP contribution in [0.1, 0.15) is 5.69 Å². The Labute approximate surface area is 75.7 Å². The molecule has 0 N–H and O–H groups in total. The number of aromatic nitrogens is 2. The molecule has 0 aliphatic carbocycles. The van der Waals surface area contributed by atoms with Crippen LogP contribution in [-0.4, -0.2) is 30.2 Å². The summed E-state index contributed by atoms with van der Waals surface area (Å²) in [5.74, 6) is -0.00769. The Bertz CT molecular complexity index is 301. The van der Waals surface area contributed by atoms with Crippen LogP contribution in [0.25, 0.3) is 0 Å². The zero-order chi connectivity index (χ0) is 9.68. The molecule has 0 saturated heterocycles. The minimum absolute atomic E-state index is 0.0769. The van der Waals surface area contributed by atoms with Gasteiger partial charge in [0, 0.05) is 12.4 Å². The number of rotatable bonds is 3. The van der Waals surface area contributed by atoms with Crippen LogP contribution in [0, 0.1) is 0 Å². The van der Waals surface area contributed by atoms with Crippen molar-refractivity contribution in [2.24, 2.45) is 0 Å². The second kappa shape index (κ2) is 4.39. The van der Waals surface area contributed by atoms with Gasteiger partial charge in [-0.1, -0.05) is 0 Å². The molecule has 0 fully saturated rings. The van der Waals surface area contributed by atoms with Gasteiger partial charge in [0.25, 0.3) is 0 Å². The highest BCUT2D eigenvalue weighted by Gasteiger charge is 2.10. The Morgan fingerprint density at radius 1 is 1.38 bits per heavy atom. The van der Waals surface area contributed by atoms with E-state index in [1.165, 1.54) is 26.6 Å². The molecule has 1 aromatic heterocycles. The SMILES string of the molecule is COC(=O)Cc1nccnc1OC. The first-order chi connectivity index (χ1) is 6.27. The van der Waals surface area contributed by atoms with Crippen molar-refractivity contribution in [2.75, 3.05) is 14.2 Å². The lowest BCUT2D eigenvalue weighted by molar-refractivity contribution is -0.139. The molecule has 0 unspecified atom stereocenters. The van der Waals surface area contributed by atoms with Gasteiger partial charge >= 0.3 is 5.97 Å². The minimum Gasteiger partial charge on any atom is -0.480 e. The minimum atomic E-state index is -0.362. The van der Waals surface area contributed by atoms with Crippen LogP contribution in [0.15, 0.2) is 12.4 Å². The number of nitrogens with zero attached hydrogens (tertiary/aromatic N) is 2. The summed E-state index contributed by atoms with van der Waals surface area (Å²) in [6.07, 6.45) is 3.08. The molecule has 0 amide bonds. The molecule has 0 spiro atoms. The maximum Gasteiger partial charge on any atom is 0.311 e. The Balaban J connectivity index is 2.81. The topological polar surface area (TPSA) is 61.3 Å². The smallest absolute Gasteiger partial charge is 0.311 e. The standard InChI is InChI=1S/C8H10N2O3/c1-12-7(11)5-6-8(13-2)10-4-3-9-6/h3-4H,5H2,1-2H3. The molecule has 13 heavy (non-hydrogen) atoms. The van der Waals surface area contributed by atoms with Gasteiger partial charge in [0.05, 0.1) is 20.6 Å². The summed E-state index contributed by atoms with van der Waals surface area (Å²) in [5, 5.41) is 0. The maximum absolute atomic E-state index is 10.9. The summed E-state index contributed by atoms with van der Waals surface area (Å²) in [4.78, 5) is 18.7. The molecule has 5 nitrogen and oxygen atoms in total. The van der Waals surface area contributed by atoms with E-state index in [2.05, 4.69) is 14.7 Å². The van der Waals surface area contributed by atoms with Crippen molar-refractivity contribution in [2.45, 2.75) is 6.42 Å². The van der Waals surface area contributed by atoms with Crippen LogP contribution in [0.5, 0.6) is 5.88 Å². The molecule has 5 heteroatoms. The molecule has 70 valence electrons. The van der Waals surface area contributed by atoms with Crippen molar-refractivity contribution in [3.8, 4) is 5.88 Å². The first-order valence-electron chi connectivity index (χ1n) is 3.68. The summed E-state index contributed by atoms with van der Waals surface area (Å²) < 4.78 is 9.40. The van der Waals surface area contributed by atoms with E-state index in [0.717, 1.165) is 0 Å². The lowest BCUT2D eigenvalue weighted by atomic mass is 10.3. The average molecular weight is 182 g/mol. The van der Waals surface area contributed by atoms with E-state index in [0.29, 0.717) is 11.6 Å². The molecule has 0 atom stereocenters. The Morgan fingerprint density at radius 2 is 2.08 bits per heavy atom. The Hall–Kier alpha value is -1.65. The van der Waals surface area contributed by atoms with Gasteiger partial charge in [-0.3, -0.25) is 9.78 Å². The molecule has 0 radical (unpaired) electrons. The fraction of sp³-hybridized carbons (Fsp3) is 0.375. The Morgan fingerprint density at radius 3 is 2.69 bits per heavy atom. The third kappa shape index (κ3) is 2.40. The fourth-order valence-corrected chi connectivity index (χ4v) is 0.855. The molecule has 0 aliphatic rings. The van der Waals surface area contributed by atoms with Gasteiger partial charge in [0.15, 0.2) is 0 Å². The van der Waals surface area contributed by atoms with Crippen LogP contribution in [0.2, 0.25) is 0 Å². The van der Waals surface area contributed by atoms with Crippen LogP contribution in [0.4, 0.5) is 0 Å². The second-order valence-corrected chi connectivity index (χ2v) is 2.27. The molecule has 0 saturated carbocycles. The fourth-order valence-electron chi connectivity index (χ4n) is 0.855. The van der Waals surface area contributed by atoms with E-state index in [9.17, 15) is 4.79 Å². The molecule has 1 aromatic rings. The monoisotopic (exact) mass is 182 g/mol. The zero-order valence-electron chi connectivity index (χ0n) is 7.48. The number of esters is 1. The number of carbonyl (C=O) groups excluding carboxylic acids is 1. The third-order valence-corrected chi connectivity index (χ3v) is 1.47. The van der Waals surface area contributed by atoms with E-state index in [4.69, 9.17) is 4.74 Å². The highest BCUT2D eigenvalue weighted by Crippen LogP contribution is 2.10. The van der Waals surface area contributed by atoms with Gasteiger partial charge in [-0.2, -0.15) is 0 Å². The van der Waals surface area contributed by atoms with Gasteiger partial charge in [0.2, 0.25) is 5.88 Å². The van der Waals surface area contributed by atoms with E-state index in [1.54, 1.807) is 0 Å². The van der Waals surface area contributed by atoms with Gasteiger partial charge in [-0.15, -0.1) is 0 Å². The number of hydrogen-bond donors (Lipinski definition) is 0. The molecule has 1 heterocycles. The van der Waals surface area contributed by atoms with Gasteiger partial charge < -0.3 is 9.47 Å². The normalized spacial score (nSPS) is 9.38. The number of ether oxygens (including phenoxy) is 2. The van der Waals surface area contributed by atoms with Gasteiger partial charge in [-0.05, 0) is 0 Å². The maximum atomic E-state index is 10.9. The predicted molar refractivity (Wildman–Crippen MR) is 44.3 cm³/mol. The zero-order valence-corrected chi connectivity index (χ0v) is 7.48. The number of hydrogen-bond acceptors (Lipinski definition) is 5. The summed E-state index contributed by atoms with van der Waals surface area (Å²) >= 11 is 0. The van der Waals surface area contributed by atoms with Gasteiger partial charge in [0.1, 0.15) is 5.69 Å². The summed E-state index contributed by atoms with van der Waals surface area (Å²) in [5.41, 5.74) is 0.483. The summed E-state index contributed by atoms with van der Waals surface area (Å²) in [6.45, 7) is 0. The molecule has 1 rings (SSSR count). The van der Waals surface area contributed by atoms with Crippen molar-refractivity contribution in [1.82, 2.24) is 9.97 Å². The Kier molecular flexibility index (Phi) is 3.19. The van der Waals surface area contributed by atoms with Crippen molar-refractivity contribution in [1.29, 1.82) is 0 Å². The van der Waals surface area contributed by atoms with E-state index < -0.39 is 0 Å². The third-order valence-electron chi connectivity index (χ3n) is 1.47. The lowest BCUT2D eigenvalue weighted by Gasteiger charge is -2.03. The first-order valence-corrected chi connectivity index (χ1v) is 3.68. The molecule has 0 aromatic carbocycles. The van der Waals surface area contributed by atoms with Gasteiger partial charge in [-0.25, -0.2) is 4.98 Å². The second-order valence-electron chi connectivity index (χ2n) is 2.27. The highest BCUT2D eigenvalue weighted by atomic mass is 16.5. The van der Waals surface area contributed by atoms with Crippen LogP contribution < -0.4 is 4.74 Å². The van der Waals surface area contributed by atoms with E-state index in [-0.39, 0.29) is 12.4 Å². The van der Waals surface area contributed by atoms with E-state index >= 15 is 0 Å². The number of carbonyl (C=O) groups is 1. The van der Waals surface area contributed by atoms with Crippen molar-refractivity contribution in [3.63, 3.8) is 0 Å². The molecular weight excluding hydrogens is 172 g/mol. The van der Waals surface area contributed by atoms with E-state index in [1.807, 2.05) is 0 Å². The van der Waals surface area contributed by atoms with Crippen LogP contribution >= 0.6 is 0 Å². The van der Waals surface area contributed by atoms with Crippen LogP contribution in [0.3, 0.4) is 0 Å². The van der Waals surface area contributed by atoms with Crippen LogP contribution in [-0.2, 0) is 16.0 Å². The first kappa shape index (κ1) is 9.44. The van der Waals surface area contributed by atoms with Crippen molar-refractivity contribution < 1.29 is 14.3 Å². The highest BCUT2D eigenvalue weighted by molar-refractivity contribution is 5.72. The lowest BCUT2D eigenvalue weighted by Crippen LogP contribution is -2.08. The average Bonchev–Trinajstić information content (AvgIpc) is 2.18. The molecule has 0 bridgehead atoms. The van der Waals surface area contributed by atoms with Crippen molar-refractivity contribution >= 4 is 5.97 Å².